The maximum atomic E-state index is 12.9. The normalized spacial score (nSPS) is 19.1. The maximum absolute atomic E-state index is 12.9. The van der Waals surface area contributed by atoms with E-state index in [1.54, 1.807) is 23.7 Å². The van der Waals surface area contributed by atoms with E-state index in [0.29, 0.717) is 6.61 Å². The molecule has 2 aromatic heterocycles. The van der Waals surface area contributed by atoms with Gasteiger partial charge in [0.05, 0.1) is 17.6 Å². The van der Waals surface area contributed by atoms with Gasteiger partial charge in [0.2, 0.25) is 0 Å². The summed E-state index contributed by atoms with van der Waals surface area (Å²) in [5.74, 6) is 0.149. The number of benzene rings is 1. The van der Waals surface area contributed by atoms with Crippen LogP contribution in [0.3, 0.4) is 0 Å². The number of amides is 1. The summed E-state index contributed by atoms with van der Waals surface area (Å²) in [6.45, 7) is 1.89. The minimum atomic E-state index is -0.251. The molecule has 2 fully saturated rings. The van der Waals surface area contributed by atoms with Gasteiger partial charge in [-0.1, -0.05) is 30.3 Å². The number of hydrogen-bond donors (Lipinski definition) is 2. The molecular weight excluding hydrogens is 452 g/mol. The van der Waals surface area contributed by atoms with Crippen LogP contribution in [-0.4, -0.2) is 58.2 Å². The molecule has 1 aromatic carbocycles. The minimum Gasteiger partial charge on any atom is -0.483 e. The first-order chi connectivity index (χ1) is 16.7. The number of piperidine rings is 1. The molecule has 34 heavy (non-hydrogen) atoms. The molecule has 9 heteroatoms. The number of pyridine rings is 1. The number of carbonyl (C=O) groups is 2. The second-order valence-electron chi connectivity index (χ2n) is 8.29. The topological polar surface area (TPSA) is 105 Å². The summed E-state index contributed by atoms with van der Waals surface area (Å²) in [6, 6.07) is 14.5. The summed E-state index contributed by atoms with van der Waals surface area (Å²) in [6.07, 6.45) is 6.83. The predicted molar refractivity (Wildman–Crippen MR) is 130 cm³/mol. The summed E-state index contributed by atoms with van der Waals surface area (Å²) >= 11 is 1.61. The molecule has 4 heterocycles. The molecule has 3 aromatic rings. The summed E-state index contributed by atoms with van der Waals surface area (Å²) in [5, 5.41) is 13.3. The lowest BCUT2D eigenvalue weighted by Gasteiger charge is -2.42. The van der Waals surface area contributed by atoms with E-state index >= 15 is 0 Å². The minimum absolute atomic E-state index is 0.149. The average Bonchev–Trinajstić information content (AvgIpc) is 3.59. The van der Waals surface area contributed by atoms with Crippen LogP contribution in [0.4, 0.5) is 10.8 Å². The molecule has 0 aliphatic carbocycles. The van der Waals surface area contributed by atoms with Crippen molar-refractivity contribution in [1.82, 2.24) is 14.9 Å². The number of nitrogens with one attached hydrogen (secondary N) is 1. The Labute approximate surface area is 202 Å². The molecule has 1 atom stereocenters. The van der Waals surface area contributed by atoms with E-state index in [1.807, 2.05) is 23.1 Å². The molecular formula is C25H28N4O4S. The highest BCUT2D eigenvalue weighted by Gasteiger charge is 2.42. The van der Waals surface area contributed by atoms with Crippen LogP contribution in [0.15, 0.2) is 60.2 Å². The second kappa shape index (κ2) is 11.2. The molecule has 178 valence electrons. The van der Waals surface area contributed by atoms with Gasteiger partial charge in [0, 0.05) is 36.7 Å². The van der Waals surface area contributed by atoms with Crippen molar-refractivity contribution in [2.75, 3.05) is 25.0 Å². The predicted octanol–water partition coefficient (Wildman–Crippen LogP) is 4.07. The zero-order chi connectivity index (χ0) is 23.8. The van der Waals surface area contributed by atoms with Crippen molar-refractivity contribution in [2.24, 2.45) is 0 Å². The molecule has 2 N–H and O–H groups in total. The van der Waals surface area contributed by atoms with Crippen molar-refractivity contribution in [3.05, 3.63) is 71.5 Å². The molecule has 8 nitrogen and oxygen atoms in total. The lowest BCUT2D eigenvalue weighted by atomic mass is 9.70. The Morgan fingerprint density at radius 3 is 2.62 bits per heavy atom. The van der Waals surface area contributed by atoms with Gasteiger partial charge in [0.1, 0.15) is 6.10 Å². The van der Waals surface area contributed by atoms with Crippen molar-refractivity contribution in [2.45, 2.75) is 37.2 Å². The average molecular weight is 481 g/mol. The number of ether oxygens (including phenoxy) is 1. The molecule has 2 aliphatic heterocycles. The molecule has 2 saturated heterocycles. The molecule has 0 unspecified atom stereocenters. The first kappa shape index (κ1) is 23.8. The third-order valence-electron chi connectivity index (χ3n) is 6.37. The van der Waals surface area contributed by atoms with Gasteiger partial charge in [0.15, 0.2) is 5.13 Å². The Morgan fingerprint density at radius 2 is 1.97 bits per heavy atom. The zero-order valence-electron chi connectivity index (χ0n) is 18.8. The molecule has 0 bridgehead atoms. The van der Waals surface area contributed by atoms with Gasteiger partial charge in [-0.15, -0.1) is 11.3 Å². The van der Waals surface area contributed by atoms with Crippen molar-refractivity contribution < 1.29 is 19.4 Å². The van der Waals surface area contributed by atoms with Crippen LogP contribution >= 0.6 is 11.3 Å². The van der Waals surface area contributed by atoms with E-state index < -0.39 is 0 Å². The van der Waals surface area contributed by atoms with E-state index in [0.717, 1.165) is 55.3 Å². The Balaban J connectivity index is 0.000000868. The van der Waals surface area contributed by atoms with E-state index in [4.69, 9.17) is 19.6 Å². The Kier molecular flexibility index (Phi) is 7.87. The highest BCUT2D eigenvalue weighted by atomic mass is 32.1. The SMILES string of the molecule is O=C([C@H]1CCCO1)N1CCC(c2ccccc2)(c2csc(Nc3cccnc3)n2)CC1.O=CO. The van der Waals surface area contributed by atoms with Gasteiger partial charge in [-0.25, -0.2) is 4.98 Å². The molecule has 0 spiro atoms. The van der Waals surface area contributed by atoms with Gasteiger partial charge < -0.3 is 20.1 Å². The monoisotopic (exact) mass is 480 g/mol. The fourth-order valence-corrected chi connectivity index (χ4v) is 5.48. The van der Waals surface area contributed by atoms with Crippen molar-refractivity contribution >= 4 is 34.5 Å². The van der Waals surface area contributed by atoms with Crippen molar-refractivity contribution in [3.8, 4) is 0 Å². The number of carboxylic acid groups (broad SMARTS) is 1. The van der Waals surface area contributed by atoms with E-state index in [1.165, 1.54) is 5.56 Å². The lowest BCUT2D eigenvalue weighted by molar-refractivity contribution is -0.142. The van der Waals surface area contributed by atoms with E-state index in [-0.39, 0.29) is 23.9 Å². The Bertz CT molecular complexity index is 1060. The van der Waals surface area contributed by atoms with Crippen LogP contribution in [0, 0.1) is 0 Å². The van der Waals surface area contributed by atoms with Gasteiger partial charge in [-0.3, -0.25) is 14.6 Å². The van der Waals surface area contributed by atoms with Gasteiger partial charge in [-0.05, 0) is 43.4 Å². The number of rotatable bonds is 5. The lowest BCUT2D eigenvalue weighted by Crippen LogP contribution is -2.48. The van der Waals surface area contributed by atoms with Crippen LogP contribution in [0.5, 0.6) is 0 Å². The zero-order valence-corrected chi connectivity index (χ0v) is 19.6. The van der Waals surface area contributed by atoms with Crippen molar-refractivity contribution in [1.29, 1.82) is 0 Å². The van der Waals surface area contributed by atoms with Crippen LogP contribution < -0.4 is 5.32 Å². The van der Waals surface area contributed by atoms with Crippen LogP contribution in [0.25, 0.3) is 0 Å². The number of likely N-dealkylation sites (tertiary alicyclic amines) is 1. The third kappa shape index (κ3) is 5.26. The molecule has 0 saturated carbocycles. The largest absolute Gasteiger partial charge is 0.483 e. The Morgan fingerprint density at radius 1 is 1.21 bits per heavy atom. The first-order valence-corrected chi connectivity index (χ1v) is 12.2. The molecule has 1 amide bonds. The number of anilines is 2. The van der Waals surface area contributed by atoms with Crippen LogP contribution in [0.2, 0.25) is 0 Å². The molecule has 5 rings (SSSR count). The van der Waals surface area contributed by atoms with Crippen LogP contribution in [0.1, 0.15) is 36.9 Å². The second-order valence-corrected chi connectivity index (χ2v) is 9.14. The fourth-order valence-electron chi connectivity index (χ4n) is 4.65. The number of aromatic nitrogens is 2. The third-order valence-corrected chi connectivity index (χ3v) is 7.13. The molecule has 0 radical (unpaired) electrons. The summed E-state index contributed by atoms with van der Waals surface area (Å²) < 4.78 is 5.63. The van der Waals surface area contributed by atoms with Gasteiger partial charge in [0.25, 0.3) is 12.4 Å². The highest BCUT2D eigenvalue weighted by molar-refractivity contribution is 7.13. The van der Waals surface area contributed by atoms with Crippen LogP contribution in [-0.2, 0) is 19.7 Å². The standard InChI is InChI=1S/C24H26N4O2S.CH2O2/c29-22(20-9-5-15-30-20)28-13-10-24(11-14-28,18-6-2-1-3-7-18)21-17-31-23(27-21)26-19-8-4-12-25-16-19;2-1-3/h1-4,6-8,12,16-17,20H,5,9-11,13-15H2,(H,26,27);1H,(H,2,3)/t20-;/m1./s1. The van der Waals surface area contributed by atoms with Crippen molar-refractivity contribution in [3.63, 3.8) is 0 Å². The summed E-state index contributed by atoms with van der Waals surface area (Å²) in [7, 11) is 0. The molecule has 2 aliphatic rings. The first-order valence-electron chi connectivity index (χ1n) is 11.3. The van der Waals surface area contributed by atoms with Gasteiger partial charge in [-0.2, -0.15) is 0 Å². The summed E-state index contributed by atoms with van der Waals surface area (Å²) in [4.78, 5) is 32.3. The number of carbonyl (C=O) groups excluding carboxylic acids is 1. The quantitative estimate of drug-likeness (QED) is 0.531. The number of nitrogens with zero attached hydrogens (tertiary/aromatic N) is 3. The van der Waals surface area contributed by atoms with E-state index in [2.05, 4.69) is 39.9 Å². The smallest absolute Gasteiger partial charge is 0.290 e. The van der Waals surface area contributed by atoms with E-state index in [9.17, 15) is 4.79 Å². The Hall–Kier alpha value is -3.30. The fraction of sp³-hybridized carbons (Fsp3) is 0.360. The van der Waals surface area contributed by atoms with Gasteiger partial charge >= 0.3 is 0 Å². The summed E-state index contributed by atoms with van der Waals surface area (Å²) in [5.41, 5.74) is 3.06. The highest BCUT2D eigenvalue weighted by Crippen LogP contribution is 2.43. The maximum Gasteiger partial charge on any atom is 0.290 e. The number of hydrogen-bond acceptors (Lipinski definition) is 7. The number of thiazole rings is 1.